The molecule has 1 aliphatic carbocycles. The van der Waals surface area contributed by atoms with Crippen molar-refractivity contribution < 1.29 is 9.53 Å². The minimum Gasteiger partial charge on any atom is -0.391 e. The number of anilines is 1. The second-order valence-electron chi connectivity index (χ2n) is 5.55. The smallest absolute Gasteiger partial charge is 0.391 e. The van der Waals surface area contributed by atoms with Crippen LogP contribution in [0, 0.1) is 0 Å². The van der Waals surface area contributed by atoms with Gasteiger partial charge < -0.3 is 4.74 Å². The fourth-order valence-electron chi connectivity index (χ4n) is 2.48. The Morgan fingerprint density at radius 1 is 1.29 bits per heavy atom. The molecule has 4 rings (SSSR count). The molecule has 8 heteroatoms. The molecule has 0 unspecified atom stereocenters. The molecule has 0 aliphatic heterocycles. The number of amides is 1. The van der Waals surface area contributed by atoms with E-state index in [0.717, 1.165) is 18.4 Å². The second-order valence-corrected chi connectivity index (χ2v) is 6.38. The number of hydrogen-bond acceptors (Lipinski definition) is 4. The SMILES string of the molecule is O=C(Nc1cccc(Cl)c1)Oc1cc(Cl)nc2c(C3CC3)cnn12. The second kappa shape index (κ2) is 5.96. The Morgan fingerprint density at radius 2 is 2.12 bits per heavy atom. The molecule has 1 N–H and O–H groups in total. The lowest BCUT2D eigenvalue weighted by atomic mass is 10.2. The van der Waals surface area contributed by atoms with Crippen molar-refractivity contribution in [3.8, 4) is 5.88 Å². The first-order chi connectivity index (χ1) is 11.6. The van der Waals surface area contributed by atoms with E-state index in [9.17, 15) is 4.79 Å². The van der Waals surface area contributed by atoms with Crippen LogP contribution in [0.4, 0.5) is 10.5 Å². The number of carbonyl (C=O) groups excluding carboxylic acids is 1. The van der Waals surface area contributed by atoms with Gasteiger partial charge in [-0.1, -0.05) is 29.3 Å². The molecule has 24 heavy (non-hydrogen) atoms. The number of benzene rings is 1. The highest BCUT2D eigenvalue weighted by Gasteiger charge is 2.28. The fourth-order valence-corrected chi connectivity index (χ4v) is 2.85. The fraction of sp³-hybridized carbons (Fsp3) is 0.188. The van der Waals surface area contributed by atoms with Crippen molar-refractivity contribution in [1.29, 1.82) is 0 Å². The highest BCUT2D eigenvalue weighted by Crippen LogP contribution is 2.42. The van der Waals surface area contributed by atoms with Crippen molar-refractivity contribution in [2.24, 2.45) is 0 Å². The van der Waals surface area contributed by atoms with Crippen LogP contribution in [0.25, 0.3) is 5.65 Å². The Balaban J connectivity index is 1.60. The number of aromatic nitrogens is 3. The summed E-state index contributed by atoms with van der Waals surface area (Å²) in [4.78, 5) is 16.4. The molecule has 0 atom stereocenters. The third kappa shape index (κ3) is 3.02. The van der Waals surface area contributed by atoms with Crippen molar-refractivity contribution in [3.63, 3.8) is 0 Å². The van der Waals surface area contributed by atoms with E-state index >= 15 is 0 Å². The van der Waals surface area contributed by atoms with Crippen molar-refractivity contribution in [2.75, 3.05) is 5.32 Å². The number of rotatable bonds is 3. The molecular weight excluding hydrogens is 351 g/mol. The van der Waals surface area contributed by atoms with Crippen LogP contribution in [0.2, 0.25) is 10.2 Å². The normalized spacial score (nSPS) is 13.9. The quantitative estimate of drug-likeness (QED) is 0.695. The van der Waals surface area contributed by atoms with Crippen LogP contribution < -0.4 is 10.1 Å². The van der Waals surface area contributed by atoms with Gasteiger partial charge in [-0.05, 0) is 37.0 Å². The maximum absolute atomic E-state index is 12.1. The van der Waals surface area contributed by atoms with Crippen LogP contribution >= 0.6 is 23.2 Å². The monoisotopic (exact) mass is 362 g/mol. The standard InChI is InChI=1S/C16H12Cl2N4O2/c17-10-2-1-3-11(6-10)20-16(23)24-14-7-13(18)21-15-12(9-4-5-9)8-19-22(14)15/h1-3,6-9H,4-5H2,(H,20,23). The van der Waals surface area contributed by atoms with Crippen LogP contribution in [-0.4, -0.2) is 20.7 Å². The number of fused-ring (bicyclic) bond motifs is 1. The molecule has 3 aromatic rings. The van der Waals surface area contributed by atoms with E-state index in [1.165, 1.54) is 10.6 Å². The molecular formula is C16H12Cl2N4O2. The van der Waals surface area contributed by atoms with E-state index in [-0.39, 0.29) is 11.0 Å². The maximum Gasteiger partial charge on any atom is 0.418 e. The third-order valence-electron chi connectivity index (χ3n) is 3.72. The largest absolute Gasteiger partial charge is 0.418 e. The Kier molecular flexibility index (Phi) is 3.78. The molecule has 1 aromatic carbocycles. The first-order valence-corrected chi connectivity index (χ1v) is 8.14. The van der Waals surface area contributed by atoms with E-state index in [4.69, 9.17) is 27.9 Å². The summed E-state index contributed by atoms with van der Waals surface area (Å²) in [6.07, 6.45) is 3.31. The molecule has 122 valence electrons. The zero-order chi connectivity index (χ0) is 16.7. The molecule has 2 heterocycles. The average Bonchev–Trinajstić information content (AvgIpc) is 3.27. The third-order valence-corrected chi connectivity index (χ3v) is 4.15. The molecule has 0 saturated heterocycles. The van der Waals surface area contributed by atoms with E-state index < -0.39 is 6.09 Å². The number of ether oxygens (including phenoxy) is 1. The van der Waals surface area contributed by atoms with Crippen molar-refractivity contribution in [3.05, 3.63) is 52.3 Å². The zero-order valence-corrected chi connectivity index (χ0v) is 13.9. The summed E-state index contributed by atoms with van der Waals surface area (Å²) < 4.78 is 6.83. The molecule has 6 nitrogen and oxygen atoms in total. The van der Waals surface area contributed by atoms with Gasteiger partial charge in [0.15, 0.2) is 5.65 Å². The Morgan fingerprint density at radius 3 is 2.88 bits per heavy atom. The van der Waals surface area contributed by atoms with Gasteiger partial charge in [-0.2, -0.15) is 9.61 Å². The van der Waals surface area contributed by atoms with Crippen molar-refractivity contribution >= 4 is 40.6 Å². The first-order valence-electron chi connectivity index (χ1n) is 7.39. The van der Waals surface area contributed by atoms with Gasteiger partial charge in [0.1, 0.15) is 5.15 Å². The van der Waals surface area contributed by atoms with Gasteiger partial charge in [-0.15, -0.1) is 0 Å². The number of halogens is 2. The van der Waals surface area contributed by atoms with Crippen LogP contribution in [0.15, 0.2) is 36.5 Å². The van der Waals surface area contributed by atoms with E-state index in [0.29, 0.717) is 22.3 Å². The predicted octanol–water partition coefficient (Wildman–Crippen LogP) is 4.52. The van der Waals surface area contributed by atoms with Gasteiger partial charge in [0.2, 0.25) is 5.88 Å². The Hall–Kier alpha value is -2.31. The topological polar surface area (TPSA) is 68.5 Å². The Bertz CT molecular complexity index is 937. The molecule has 1 saturated carbocycles. The summed E-state index contributed by atoms with van der Waals surface area (Å²) in [6, 6.07) is 8.23. The molecule has 2 aromatic heterocycles. The molecule has 0 bridgehead atoms. The van der Waals surface area contributed by atoms with E-state index in [1.54, 1.807) is 30.5 Å². The Labute approximate surface area is 147 Å². The van der Waals surface area contributed by atoms with Gasteiger partial charge in [-0.3, -0.25) is 5.32 Å². The number of carbonyl (C=O) groups is 1. The lowest BCUT2D eigenvalue weighted by molar-refractivity contribution is 0.212. The minimum absolute atomic E-state index is 0.205. The number of nitrogens with one attached hydrogen (secondary N) is 1. The van der Waals surface area contributed by atoms with Gasteiger partial charge >= 0.3 is 6.09 Å². The van der Waals surface area contributed by atoms with Crippen molar-refractivity contribution in [2.45, 2.75) is 18.8 Å². The highest BCUT2D eigenvalue weighted by molar-refractivity contribution is 6.31. The number of nitrogens with zero attached hydrogens (tertiary/aromatic N) is 3. The molecule has 0 radical (unpaired) electrons. The van der Waals surface area contributed by atoms with Crippen LogP contribution in [0.5, 0.6) is 5.88 Å². The first kappa shape index (κ1) is 15.2. The van der Waals surface area contributed by atoms with E-state index in [1.807, 2.05) is 0 Å². The van der Waals surface area contributed by atoms with E-state index in [2.05, 4.69) is 15.4 Å². The summed E-state index contributed by atoms with van der Waals surface area (Å²) in [6.45, 7) is 0. The van der Waals surface area contributed by atoms with Gasteiger partial charge in [0, 0.05) is 22.3 Å². The lowest BCUT2D eigenvalue weighted by Gasteiger charge is -2.08. The van der Waals surface area contributed by atoms with Gasteiger partial charge in [0.25, 0.3) is 0 Å². The van der Waals surface area contributed by atoms with Gasteiger partial charge in [-0.25, -0.2) is 9.78 Å². The highest BCUT2D eigenvalue weighted by atomic mass is 35.5. The summed E-state index contributed by atoms with van der Waals surface area (Å²) in [5.74, 6) is 0.665. The lowest BCUT2D eigenvalue weighted by Crippen LogP contribution is -2.18. The average molecular weight is 363 g/mol. The summed E-state index contributed by atoms with van der Waals surface area (Å²) >= 11 is 12.0. The minimum atomic E-state index is -0.663. The molecule has 1 fully saturated rings. The molecule has 0 spiro atoms. The summed E-state index contributed by atoms with van der Waals surface area (Å²) in [5, 5.41) is 7.63. The van der Waals surface area contributed by atoms with Gasteiger partial charge in [0.05, 0.1) is 6.20 Å². The maximum atomic E-state index is 12.1. The number of hydrogen-bond donors (Lipinski definition) is 1. The summed E-state index contributed by atoms with van der Waals surface area (Å²) in [5.41, 5.74) is 2.18. The summed E-state index contributed by atoms with van der Waals surface area (Å²) in [7, 11) is 0. The van der Waals surface area contributed by atoms with Crippen LogP contribution in [-0.2, 0) is 0 Å². The molecule has 1 aliphatic rings. The molecule has 1 amide bonds. The van der Waals surface area contributed by atoms with Crippen LogP contribution in [0.1, 0.15) is 24.3 Å². The predicted molar refractivity (Wildman–Crippen MR) is 91.1 cm³/mol. The zero-order valence-electron chi connectivity index (χ0n) is 12.4. The van der Waals surface area contributed by atoms with Crippen molar-refractivity contribution in [1.82, 2.24) is 14.6 Å². The van der Waals surface area contributed by atoms with Crippen LogP contribution in [0.3, 0.4) is 0 Å².